The van der Waals surface area contributed by atoms with Crippen LogP contribution in [0.4, 0.5) is 16.2 Å². The molecule has 9 heteroatoms. The van der Waals surface area contributed by atoms with Gasteiger partial charge in [-0.3, -0.25) is 10.1 Å². The molecule has 0 saturated heterocycles. The molecule has 0 bridgehead atoms. The second kappa shape index (κ2) is 7.47. The number of aryl methyl sites for hydroxylation is 1. The van der Waals surface area contributed by atoms with Gasteiger partial charge in [0.05, 0.1) is 18.6 Å². The molecule has 0 saturated carbocycles. The highest BCUT2D eigenvalue weighted by Crippen LogP contribution is 2.18. The number of nitro groups is 1. The lowest BCUT2D eigenvalue weighted by atomic mass is 10.2. The topological polar surface area (TPSA) is 115 Å². The number of hydrogen-bond donors (Lipinski definition) is 1. The molecule has 2 aromatic rings. The van der Waals surface area contributed by atoms with E-state index in [0.717, 1.165) is 0 Å². The van der Waals surface area contributed by atoms with Crippen LogP contribution in [0.2, 0.25) is 0 Å². The van der Waals surface area contributed by atoms with E-state index in [4.69, 9.17) is 4.42 Å². The molecule has 0 aliphatic heterocycles. The summed E-state index contributed by atoms with van der Waals surface area (Å²) in [6.07, 6.45) is 0. The number of carbonyl (C=O) groups is 2. The fraction of sp³-hybridized carbons (Fsp3) is 0.250. The van der Waals surface area contributed by atoms with Crippen molar-refractivity contribution >= 4 is 23.4 Å². The Morgan fingerprint density at radius 2 is 1.96 bits per heavy atom. The number of methoxy groups -OCH3 is 1. The second-order valence-corrected chi connectivity index (χ2v) is 5.26. The number of nitrogens with one attached hydrogen (secondary N) is 1. The van der Waals surface area contributed by atoms with Gasteiger partial charge in [0, 0.05) is 24.9 Å². The molecule has 0 radical (unpaired) electrons. The van der Waals surface area contributed by atoms with Gasteiger partial charge in [-0.1, -0.05) is 0 Å². The number of nitro benzene ring substituents is 1. The van der Waals surface area contributed by atoms with Crippen LogP contribution in [-0.4, -0.2) is 36.0 Å². The Morgan fingerprint density at radius 3 is 2.52 bits per heavy atom. The van der Waals surface area contributed by atoms with Gasteiger partial charge in [-0.2, -0.15) is 0 Å². The van der Waals surface area contributed by atoms with E-state index in [-0.39, 0.29) is 12.2 Å². The van der Waals surface area contributed by atoms with Gasteiger partial charge in [0.1, 0.15) is 17.1 Å². The number of carbonyl (C=O) groups excluding carboxylic acids is 2. The first-order valence-electron chi connectivity index (χ1n) is 7.26. The molecule has 0 aliphatic rings. The molecule has 0 spiro atoms. The average molecular weight is 347 g/mol. The number of urea groups is 1. The summed E-state index contributed by atoms with van der Waals surface area (Å²) >= 11 is 0. The molecule has 132 valence electrons. The number of benzene rings is 1. The Morgan fingerprint density at radius 1 is 1.32 bits per heavy atom. The summed E-state index contributed by atoms with van der Waals surface area (Å²) in [6.45, 7) is 1.77. The minimum atomic E-state index is -0.518. The monoisotopic (exact) mass is 347 g/mol. The minimum Gasteiger partial charge on any atom is -0.465 e. The van der Waals surface area contributed by atoms with Gasteiger partial charge in [0.2, 0.25) is 0 Å². The zero-order chi connectivity index (χ0) is 18.6. The van der Waals surface area contributed by atoms with Crippen LogP contribution in [0, 0.1) is 17.0 Å². The Hall–Kier alpha value is -3.36. The number of furan rings is 1. The molecule has 25 heavy (non-hydrogen) atoms. The average Bonchev–Trinajstić information content (AvgIpc) is 2.94. The molecule has 9 nitrogen and oxygen atoms in total. The van der Waals surface area contributed by atoms with Crippen LogP contribution in [0.1, 0.15) is 21.9 Å². The van der Waals surface area contributed by atoms with Crippen LogP contribution in [-0.2, 0) is 11.3 Å². The van der Waals surface area contributed by atoms with E-state index in [9.17, 15) is 19.7 Å². The summed E-state index contributed by atoms with van der Waals surface area (Å²) in [4.78, 5) is 35.2. The van der Waals surface area contributed by atoms with Crippen LogP contribution in [0.25, 0.3) is 0 Å². The summed E-state index contributed by atoms with van der Waals surface area (Å²) < 4.78 is 10.1. The quantitative estimate of drug-likeness (QED) is 0.505. The maximum atomic E-state index is 12.2. The number of amides is 2. The third kappa shape index (κ3) is 4.34. The van der Waals surface area contributed by atoms with Crippen molar-refractivity contribution < 1.29 is 23.7 Å². The summed E-state index contributed by atoms with van der Waals surface area (Å²) in [5.41, 5.74) is 0.669. The molecule has 2 rings (SSSR count). The van der Waals surface area contributed by atoms with Crippen molar-refractivity contribution in [2.45, 2.75) is 13.5 Å². The number of nitrogens with zero attached hydrogens (tertiary/aromatic N) is 2. The van der Waals surface area contributed by atoms with Gasteiger partial charge >= 0.3 is 12.0 Å². The van der Waals surface area contributed by atoms with E-state index in [2.05, 4.69) is 10.1 Å². The zero-order valence-electron chi connectivity index (χ0n) is 13.9. The SMILES string of the molecule is COC(=O)c1cc(CN(C)C(=O)Nc2ccc([N+](=O)[O-])cc2)oc1C. The normalized spacial score (nSPS) is 10.2. The lowest BCUT2D eigenvalue weighted by molar-refractivity contribution is -0.384. The maximum absolute atomic E-state index is 12.2. The smallest absolute Gasteiger partial charge is 0.341 e. The third-order valence-corrected chi connectivity index (χ3v) is 3.44. The van der Waals surface area contributed by atoms with Crippen molar-refractivity contribution in [3.05, 3.63) is 57.5 Å². The highest BCUT2D eigenvalue weighted by atomic mass is 16.6. The van der Waals surface area contributed by atoms with Crippen molar-refractivity contribution in [1.82, 2.24) is 4.90 Å². The van der Waals surface area contributed by atoms with Gasteiger partial charge in [-0.15, -0.1) is 0 Å². The van der Waals surface area contributed by atoms with Gasteiger partial charge < -0.3 is 19.4 Å². The van der Waals surface area contributed by atoms with E-state index in [1.165, 1.54) is 42.3 Å². The van der Waals surface area contributed by atoms with Crippen molar-refractivity contribution in [3.8, 4) is 0 Å². The molecule has 1 aromatic heterocycles. The molecule has 1 N–H and O–H groups in total. The lowest BCUT2D eigenvalue weighted by Gasteiger charge is -2.16. The first-order valence-corrected chi connectivity index (χ1v) is 7.26. The highest BCUT2D eigenvalue weighted by Gasteiger charge is 2.18. The Balaban J connectivity index is 2.00. The van der Waals surface area contributed by atoms with Crippen LogP contribution in [0.5, 0.6) is 0 Å². The molecule has 0 atom stereocenters. The number of ether oxygens (including phenoxy) is 1. The molecular formula is C16H17N3O6. The fourth-order valence-electron chi connectivity index (χ4n) is 2.13. The predicted molar refractivity (Wildman–Crippen MR) is 88.4 cm³/mol. The van der Waals surface area contributed by atoms with Crippen molar-refractivity contribution in [3.63, 3.8) is 0 Å². The van der Waals surface area contributed by atoms with E-state index in [1.807, 2.05) is 0 Å². The van der Waals surface area contributed by atoms with Gasteiger partial charge in [-0.05, 0) is 25.1 Å². The fourth-order valence-corrected chi connectivity index (χ4v) is 2.13. The van der Waals surface area contributed by atoms with E-state index in [1.54, 1.807) is 14.0 Å². The predicted octanol–water partition coefficient (Wildman–Crippen LogP) is 2.95. The van der Waals surface area contributed by atoms with Crippen LogP contribution in [0.15, 0.2) is 34.7 Å². The van der Waals surface area contributed by atoms with Gasteiger partial charge in [-0.25, -0.2) is 9.59 Å². The summed E-state index contributed by atoms with van der Waals surface area (Å²) in [6, 6.07) is 6.58. The molecule has 0 unspecified atom stereocenters. The molecule has 0 fully saturated rings. The van der Waals surface area contributed by atoms with Gasteiger partial charge in [0.15, 0.2) is 0 Å². The number of anilines is 1. The summed E-state index contributed by atoms with van der Waals surface area (Å²) in [5, 5.41) is 13.2. The first-order chi connectivity index (χ1) is 11.8. The Labute approximate surface area is 143 Å². The standard InChI is InChI=1S/C16H17N3O6/c1-10-14(15(20)24-3)8-13(25-10)9-18(2)16(21)17-11-4-6-12(7-5-11)19(22)23/h4-8H,9H2,1-3H3,(H,17,21). The minimum absolute atomic E-state index is 0.0623. The molecule has 0 aliphatic carbocycles. The van der Waals surface area contributed by atoms with Crippen LogP contribution < -0.4 is 5.32 Å². The molecular weight excluding hydrogens is 330 g/mol. The largest absolute Gasteiger partial charge is 0.465 e. The van der Waals surface area contributed by atoms with E-state index >= 15 is 0 Å². The van der Waals surface area contributed by atoms with Crippen LogP contribution >= 0.6 is 0 Å². The Kier molecular flexibility index (Phi) is 5.38. The van der Waals surface area contributed by atoms with E-state index < -0.39 is 16.9 Å². The van der Waals surface area contributed by atoms with Gasteiger partial charge in [0.25, 0.3) is 5.69 Å². The van der Waals surface area contributed by atoms with Crippen molar-refractivity contribution in [2.24, 2.45) is 0 Å². The molecule has 2 amide bonds. The maximum Gasteiger partial charge on any atom is 0.341 e. The third-order valence-electron chi connectivity index (χ3n) is 3.44. The number of rotatable bonds is 5. The molecule has 1 heterocycles. The van der Waals surface area contributed by atoms with Crippen molar-refractivity contribution in [2.75, 3.05) is 19.5 Å². The van der Waals surface area contributed by atoms with Crippen molar-refractivity contribution in [1.29, 1.82) is 0 Å². The highest BCUT2D eigenvalue weighted by molar-refractivity contribution is 5.91. The number of esters is 1. The summed E-state index contributed by atoms with van der Waals surface area (Å²) in [5.74, 6) is 0.329. The molecule has 1 aromatic carbocycles. The Bertz CT molecular complexity index is 797. The van der Waals surface area contributed by atoms with E-state index in [0.29, 0.717) is 22.8 Å². The van der Waals surface area contributed by atoms with Crippen LogP contribution in [0.3, 0.4) is 0 Å². The summed E-state index contributed by atoms with van der Waals surface area (Å²) in [7, 11) is 2.83. The first kappa shape index (κ1) is 18.0. The number of hydrogen-bond acceptors (Lipinski definition) is 6. The number of non-ortho nitro benzene ring substituents is 1. The second-order valence-electron chi connectivity index (χ2n) is 5.26. The zero-order valence-corrected chi connectivity index (χ0v) is 13.9. The lowest BCUT2D eigenvalue weighted by Crippen LogP contribution is -2.30.